The number of nitrogens with zero attached hydrogens (tertiary/aromatic N) is 1. The number of carbonyl (C=O) groups is 1. The van der Waals surface area contributed by atoms with Crippen molar-refractivity contribution in [2.45, 2.75) is 58.9 Å². The fraction of sp³-hybridized carbons (Fsp3) is 0.385. The Balaban J connectivity index is 1.70. The van der Waals surface area contributed by atoms with Gasteiger partial charge in [0.15, 0.2) is 0 Å². The molecule has 5 heteroatoms. The number of H-pyrrole nitrogens is 1. The number of nitrogens with one attached hydrogen (secondary N) is 1. The summed E-state index contributed by atoms with van der Waals surface area (Å²) in [6.07, 6.45) is 2.66. The number of carbonyl (C=O) groups excluding carboxylic acids is 1. The summed E-state index contributed by atoms with van der Waals surface area (Å²) < 4.78 is 6.68. The van der Waals surface area contributed by atoms with Gasteiger partial charge in [-0.2, -0.15) is 0 Å². The summed E-state index contributed by atoms with van der Waals surface area (Å²) >= 11 is 0. The van der Waals surface area contributed by atoms with Gasteiger partial charge in [0.05, 0.1) is 13.2 Å². The van der Waals surface area contributed by atoms with Crippen molar-refractivity contribution >= 4 is 5.97 Å². The molecular formula is C26H32N2O3. The maximum absolute atomic E-state index is 13.1. The van der Waals surface area contributed by atoms with Crippen LogP contribution in [0, 0.1) is 0 Å². The van der Waals surface area contributed by atoms with Crippen molar-refractivity contribution in [3.8, 4) is 0 Å². The number of esters is 1. The predicted molar refractivity (Wildman–Crippen MR) is 124 cm³/mol. The number of aromatic nitrogens is 2. The van der Waals surface area contributed by atoms with Crippen molar-refractivity contribution in [1.29, 1.82) is 0 Å². The topological polar surface area (TPSA) is 64.1 Å². The molecule has 0 saturated heterocycles. The average molecular weight is 421 g/mol. The number of aryl methyl sites for hydroxylation is 1. The first-order valence-electron chi connectivity index (χ1n) is 11.1. The van der Waals surface area contributed by atoms with Crippen molar-refractivity contribution in [2.75, 3.05) is 6.61 Å². The van der Waals surface area contributed by atoms with Gasteiger partial charge in [-0.3, -0.25) is 14.7 Å². The molecule has 1 N–H and O–H groups in total. The summed E-state index contributed by atoms with van der Waals surface area (Å²) in [5.41, 5.74) is 5.28. The molecule has 1 aromatic heterocycles. The quantitative estimate of drug-likeness (QED) is 0.478. The van der Waals surface area contributed by atoms with Gasteiger partial charge in [-0.05, 0) is 42.4 Å². The highest BCUT2D eigenvalue weighted by Crippen LogP contribution is 2.19. The molecule has 164 valence electrons. The first kappa shape index (κ1) is 22.6. The maximum Gasteiger partial charge on any atom is 0.305 e. The molecule has 0 spiro atoms. The van der Waals surface area contributed by atoms with E-state index in [1.54, 1.807) is 4.68 Å². The molecule has 2 aromatic carbocycles. The number of aromatic amines is 1. The molecule has 5 nitrogen and oxygen atoms in total. The van der Waals surface area contributed by atoms with Crippen molar-refractivity contribution in [1.82, 2.24) is 9.78 Å². The Morgan fingerprint density at radius 3 is 2.32 bits per heavy atom. The Hall–Kier alpha value is -3.08. The van der Waals surface area contributed by atoms with E-state index in [0.29, 0.717) is 26.0 Å². The van der Waals surface area contributed by atoms with Crippen LogP contribution in [-0.2, 0) is 28.9 Å². The minimum absolute atomic E-state index is 0.0473. The number of rotatable bonds is 10. The van der Waals surface area contributed by atoms with E-state index in [1.807, 2.05) is 37.3 Å². The van der Waals surface area contributed by atoms with Crippen LogP contribution in [0.5, 0.6) is 0 Å². The van der Waals surface area contributed by atoms with Crippen LogP contribution in [-0.4, -0.2) is 22.4 Å². The third-order valence-electron chi connectivity index (χ3n) is 5.40. The van der Waals surface area contributed by atoms with Gasteiger partial charge < -0.3 is 4.74 Å². The van der Waals surface area contributed by atoms with Crippen molar-refractivity contribution in [3.63, 3.8) is 0 Å². The Kier molecular flexibility index (Phi) is 7.88. The van der Waals surface area contributed by atoms with E-state index >= 15 is 0 Å². The molecule has 0 aliphatic carbocycles. The van der Waals surface area contributed by atoms with E-state index in [0.717, 1.165) is 35.2 Å². The molecule has 3 aromatic rings. The lowest BCUT2D eigenvalue weighted by Gasteiger charge is -2.07. The van der Waals surface area contributed by atoms with Gasteiger partial charge in [-0.1, -0.05) is 68.4 Å². The highest BCUT2D eigenvalue weighted by Gasteiger charge is 2.17. The summed E-state index contributed by atoms with van der Waals surface area (Å²) in [7, 11) is 0. The Morgan fingerprint density at radius 1 is 1.00 bits per heavy atom. The first-order chi connectivity index (χ1) is 15.0. The van der Waals surface area contributed by atoms with Crippen LogP contribution in [0.1, 0.15) is 67.5 Å². The Morgan fingerprint density at radius 2 is 1.68 bits per heavy atom. The lowest BCUT2D eigenvalue weighted by Crippen LogP contribution is -2.20. The van der Waals surface area contributed by atoms with Crippen LogP contribution in [0.25, 0.3) is 0 Å². The van der Waals surface area contributed by atoms with Gasteiger partial charge in [0.25, 0.3) is 5.56 Å². The second-order valence-electron chi connectivity index (χ2n) is 8.19. The Labute approximate surface area is 184 Å². The van der Waals surface area contributed by atoms with Crippen LogP contribution in [0.2, 0.25) is 0 Å². The highest BCUT2D eigenvalue weighted by molar-refractivity contribution is 5.69. The van der Waals surface area contributed by atoms with Crippen molar-refractivity contribution < 1.29 is 9.53 Å². The predicted octanol–water partition coefficient (Wildman–Crippen LogP) is 4.82. The molecule has 0 bridgehead atoms. The normalized spacial score (nSPS) is 11.1. The smallest absolute Gasteiger partial charge is 0.305 e. The number of hydrogen-bond donors (Lipinski definition) is 1. The minimum atomic E-state index is -0.139. The molecule has 0 unspecified atom stereocenters. The molecule has 0 saturated carbocycles. The van der Waals surface area contributed by atoms with Gasteiger partial charge in [0.2, 0.25) is 0 Å². The third-order valence-corrected chi connectivity index (χ3v) is 5.40. The SMILES string of the molecule is CCOC(=O)CCCc1ccc(Cc2c(C(C)C)[nH]n(Cc3ccccc3)c2=O)cc1. The first-order valence-corrected chi connectivity index (χ1v) is 11.1. The van der Waals surface area contributed by atoms with Crippen LogP contribution in [0.4, 0.5) is 0 Å². The monoisotopic (exact) mass is 420 g/mol. The molecule has 3 rings (SSSR count). The zero-order valence-corrected chi connectivity index (χ0v) is 18.7. The van der Waals surface area contributed by atoms with Gasteiger partial charge in [-0.15, -0.1) is 0 Å². The van der Waals surface area contributed by atoms with E-state index in [1.165, 1.54) is 5.56 Å². The maximum atomic E-state index is 13.1. The summed E-state index contributed by atoms with van der Waals surface area (Å²) in [6, 6.07) is 18.4. The molecular weight excluding hydrogens is 388 g/mol. The number of hydrogen-bond acceptors (Lipinski definition) is 3. The molecule has 0 atom stereocenters. The van der Waals surface area contributed by atoms with E-state index in [4.69, 9.17) is 4.74 Å². The second-order valence-corrected chi connectivity index (χ2v) is 8.19. The molecule has 0 radical (unpaired) electrons. The van der Waals surface area contributed by atoms with Gasteiger partial charge in [0.1, 0.15) is 0 Å². The van der Waals surface area contributed by atoms with E-state index in [2.05, 4.69) is 43.2 Å². The van der Waals surface area contributed by atoms with Gasteiger partial charge >= 0.3 is 5.97 Å². The molecule has 0 aliphatic heterocycles. The van der Waals surface area contributed by atoms with E-state index < -0.39 is 0 Å². The van der Waals surface area contributed by atoms with Crippen LogP contribution in [0.3, 0.4) is 0 Å². The fourth-order valence-corrected chi connectivity index (χ4v) is 3.77. The van der Waals surface area contributed by atoms with Crippen LogP contribution < -0.4 is 5.56 Å². The molecule has 1 heterocycles. The molecule has 0 amide bonds. The number of benzene rings is 2. The zero-order valence-electron chi connectivity index (χ0n) is 18.7. The summed E-state index contributed by atoms with van der Waals surface area (Å²) in [6.45, 7) is 7.00. The van der Waals surface area contributed by atoms with Crippen molar-refractivity contribution in [3.05, 3.63) is 92.9 Å². The van der Waals surface area contributed by atoms with Gasteiger partial charge in [0, 0.05) is 24.1 Å². The zero-order chi connectivity index (χ0) is 22.2. The standard InChI is InChI=1S/C26H32N2O3/c1-4-31-24(29)12-8-11-20-13-15-21(16-14-20)17-23-25(19(2)3)27-28(26(23)30)18-22-9-6-5-7-10-22/h5-7,9-10,13-16,19,27H,4,8,11-12,17-18H2,1-3H3. The van der Waals surface area contributed by atoms with Crippen LogP contribution >= 0.6 is 0 Å². The number of ether oxygens (including phenoxy) is 1. The fourth-order valence-electron chi connectivity index (χ4n) is 3.77. The Bertz CT molecular complexity index is 1030. The lowest BCUT2D eigenvalue weighted by molar-refractivity contribution is -0.143. The average Bonchev–Trinajstić information content (AvgIpc) is 3.06. The second kappa shape index (κ2) is 10.8. The van der Waals surface area contributed by atoms with Crippen LogP contribution in [0.15, 0.2) is 59.4 Å². The highest BCUT2D eigenvalue weighted by atomic mass is 16.5. The van der Waals surface area contributed by atoms with E-state index in [-0.39, 0.29) is 17.4 Å². The molecule has 0 fully saturated rings. The third kappa shape index (κ3) is 6.20. The molecule has 0 aliphatic rings. The lowest BCUT2D eigenvalue weighted by atomic mass is 9.98. The summed E-state index contributed by atoms with van der Waals surface area (Å²) in [5.74, 6) is 0.0986. The van der Waals surface area contributed by atoms with Gasteiger partial charge in [-0.25, -0.2) is 4.68 Å². The summed E-state index contributed by atoms with van der Waals surface area (Å²) in [4.78, 5) is 24.6. The summed E-state index contributed by atoms with van der Waals surface area (Å²) in [5, 5.41) is 3.34. The molecule has 31 heavy (non-hydrogen) atoms. The van der Waals surface area contributed by atoms with Crippen molar-refractivity contribution in [2.24, 2.45) is 0 Å². The largest absolute Gasteiger partial charge is 0.466 e. The minimum Gasteiger partial charge on any atom is -0.466 e. The van der Waals surface area contributed by atoms with E-state index in [9.17, 15) is 9.59 Å².